The zero-order chi connectivity index (χ0) is 20.4. The van der Waals surface area contributed by atoms with Gasteiger partial charge >= 0.3 is 6.18 Å². The van der Waals surface area contributed by atoms with Crippen molar-refractivity contribution in [2.45, 2.75) is 25.6 Å². The molecule has 3 N–H and O–H groups in total. The molecule has 1 aromatic carbocycles. The number of alkyl halides is 3. The Kier molecular flexibility index (Phi) is 10.7. The standard InChI is InChI=1S/C12H12F3NO2.C4H11N.C2H4/c1-4-11(17,12(13,14)15)8-5-7(2)9(16)6-10(8)18-3;1-4-5(2)3;1-2/h1,5-6,17H,16H2,2-3H3;4H2,1-3H3;1-2H2. The van der Waals surface area contributed by atoms with Gasteiger partial charge in [-0.15, -0.1) is 19.6 Å². The Hall–Kier alpha value is -2.17. The summed E-state index contributed by atoms with van der Waals surface area (Å²) in [5, 5.41) is 9.67. The second-order valence-corrected chi connectivity index (χ2v) is 5.16. The van der Waals surface area contributed by atoms with Gasteiger partial charge in [0.05, 0.1) is 7.11 Å². The van der Waals surface area contributed by atoms with Crippen molar-refractivity contribution in [2.75, 3.05) is 33.5 Å². The van der Waals surface area contributed by atoms with Gasteiger partial charge in [0.25, 0.3) is 5.60 Å². The molecular weight excluding hydrogens is 333 g/mol. The van der Waals surface area contributed by atoms with Crippen LogP contribution in [-0.4, -0.2) is 43.9 Å². The molecule has 142 valence electrons. The van der Waals surface area contributed by atoms with Crippen LogP contribution in [0.2, 0.25) is 0 Å². The number of benzene rings is 1. The van der Waals surface area contributed by atoms with Gasteiger partial charge in [0.1, 0.15) is 5.75 Å². The zero-order valence-corrected chi connectivity index (χ0v) is 15.4. The van der Waals surface area contributed by atoms with Gasteiger partial charge in [-0.1, -0.05) is 12.8 Å². The summed E-state index contributed by atoms with van der Waals surface area (Å²) in [6.45, 7) is 10.8. The average molecular weight is 360 g/mol. The summed E-state index contributed by atoms with van der Waals surface area (Å²) in [6.07, 6.45) is -0.186. The van der Waals surface area contributed by atoms with Crippen molar-refractivity contribution in [1.82, 2.24) is 4.90 Å². The third-order valence-electron chi connectivity index (χ3n) is 3.23. The van der Waals surface area contributed by atoms with E-state index in [1.54, 1.807) is 0 Å². The van der Waals surface area contributed by atoms with E-state index in [1.165, 1.54) is 26.0 Å². The van der Waals surface area contributed by atoms with Crippen molar-refractivity contribution in [3.8, 4) is 18.1 Å². The predicted molar refractivity (Wildman–Crippen MR) is 96.4 cm³/mol. The molecule has 0 fully saturated rings. The van der Waals surface area contributed by atoms with Crippen LogP contribution in [0.25, 0.3) is 0 Å². The van der Waals surface area contributed by atoms with E-state index in [0.717, 1.165) is 12.6 Å². The highest BCUT2D eigenvalue weighted by Crippen LogP contribution is 2.43. The van der Waals surface area contributed by atoms with Crippen molar-refractivity contribution in [3.05, 3.63) is 36.4 Å². The van der Waals surface area contributed by atoms with Gasteiger partial charge in [-0.05, 0) is 39.2 Å². The maximum absolute atomic E-state index is 12.9. The summed E-state index contributed by atoms with van der Waals surface area (Å²) in [6, 6.07) is 2.26. The van der Waals surface area contributed by atoms with Crippen molar-refractivity contribution in [1.29, 1.82) is 0 Å². The van der Waals surface area contributed by atoms with Gasteiger partial charge in [0.2, 0.25) is 0 Å². The molecule has 0 saturated carbocycles. The van der Waals surface area contributed by atoms with Crippen LogP contribution in [0.4, 0.5) is 18.9 Å². The minimum Gasteiger partial charge on any atom is -0.496 e. The van der Waals surface area contributed by atoms with Gasteiger partial charge < -0.3 is 20.5 Å². The van der Waals surface area contributed by atoms with Crippen molar-refractivity contribution >= 4 is 5.69 Å². The summed E-state index contributed by atoms with van der Waals surface area (Å²) in [7, 11) is 5.28. The zero-order valence-electron chi connectivity index (χ0n) is 15.4. The number of aryl methyl sites for hydroxylation is 1. The van der Waals surface area contributed by atoms with E-state index < -0.39 is 17.3 Å². The smallest absolute Gasteiger partial charge is 0.433 e. The first-order valence-electron chi connectivity index (χ1n) is 7.30. The van der Waals surface area contributed by atoms with Crippen molar-refractivity contribution < 1.29 is 23.0 Å². The monoisotopic (exact) mass is 360 g/mol. The Morgan fingerprint density at radius 1 is 1.32 bits per heavy atom. The Labute approximate surface area is 148 Å². The van der Waals surface area contributed by atoms with Gasteiger partial charge in [-0.25, -0.2) is 0 Å². The lowest BCUT2D eigenvalue weighted by atomic mass is 9.91. The van der Waals surface area contributed by atoms with Crippen LogP contribution in [0.3, 0.4) is 0 Å². The molecule has 1 rings (SSSR count). The van der Waals surface area contributed by atoms with E-state index in [2.05, 4.69) is 39.1 Å². The summed E-state index contributed by atoms with van der Waals surface area (Å²) in [4.78, 5) is 2.12. The molecule has 1 unspecified atom stereocenters. The third-order valence-corrected chi connectivity index (χ3v) is 3.23. The van der Waals surface area contributed by atoms with Gasteiger partial charge in [-0.3, -0.25) is 0 Å². The number of terminal acetylenes is 1. The number of aliphatic hydroxyl groups is 1. The SMILES string of the molecule is C#CC(O)(c1cc(C)c(N)cc1OC)C(F)(F)F.C=C.CCN(C)C. The summed E-state index contributed by atoms with van der Waals surface area (Å²) < 4.78 is 43.4. The Morgan fingerprint density at radius 2 is 1.76 bits per heavy atom. The fraction of sp³-hybridized carbons (Fsp3) is 0.444. The number of anilines is 1. The van der Waals surface area contributed by atoms with Crippen molar-refractivity contribution in [2.24, 2.45) is 0 Å². The van der Waals surface area contributed by atoms with Crippen LogP contribution in [0.5, 0.6) is 5.75 Å². The number of rotatable bonds is 3. The normalized spacial score (nSPS) is 12.7. The predicted octanol–water partition coefficient (Wildman–Crippen LogP) is 3.34. The molecular formula is C18H27F3N2O2. The quantitative estimate of drug-likeness (QED) is 0.493. The summed E-state index contributed by atoms with van der Waals surface area (Å²) >= 11 is 0. The lowest BCUT2D eigenvalue weighted by Crippen LogP contribution is -2.41. The molecule has 25 heavy (non-hydrogen) atoms. The maximum Gasteiger partial charge on any atom is 0.433 e. The largest absolute Gasteiger partial charge is 0.496 e. The van der Waals surface area contributed by atoms with Crippen LogP contribution in [0.1, 0.15) is 18.1 Å². The van der Waals surface area contributed by atoms with E-state index in [0.29, 0.717) is 5.56 Å². The molecule has 0 heterocycles. The molecule has 1 atom stereocenters. The number of methoxy groups -OCH3 is 1. The van der Waals surface area contributed by atoms with Crippen molar-refractivity contribution in [3.63, 3.8) is 0 Å². The highest BCUT2D eigenvalue weighted by atomic mass is 19.4. The lowest BCUT2D eigenvalue weighted by Gasteiger charge is -2.27. The number of nitrogen functional groups attached to an aromatic ring is 1. The fourth-order valence-corrected chi connectivity index (χ4v) is 1.47. The van der Waals surface area contributed by atoms with Gasteiger partial charge in [0, 0.05) is 17.3 Å². The van der Waals surface area contributed by atoms with E-state index in [1.807, 2.05) is 0 Å². The van der Waals surface area contributed by atoms with Crippen LogP contribution < -0.4 is 10.5 Å². The Balaban J connectivity index is 0. The van der Waals surface area contributed by atoms with Crippen LogP contribution >= 0.6 is 0 Å². The highest BCUT2D eigenvalue weighted by Gasteiger charge is 2.55. The Bertz CT molecular complexity index is 581. The van der Waals surface area contributed by atoms with E-state index in [9.17, 15) is 18.3 Å². The molecule has 0 aliphatic heterocycles. The van der Waals surface area contributed by atoms with Crippen LogP contribution in [0, 0.1) is 19.3 Å². The highest BCUT2D eigenvalue weighted by molar-refractivity contribution is 5.57. The first-order chi connectivity index (χ1) is 11.4. The molecule has 0 radical (unpaired) electrons. The molecule has 0 aliphatic rings. The van der Waals surface area contributed by atoms with Gasteiger partial charge in [-0.2, -0.15) is 13.2 Å². The number of nitrogens with zero attached hydrogens (tertiary/aromatic N) is 1. The molecule has 0 amide bonds. The summed E-state index contributed by atoms with van der Waals surface area (Å²) in [5.74, 6) is 1.15. The number of halogens is 3. The van der Waals surface area contributed by atoms with E-state index >= 15 is 0 Å². The van der Waals surface area contributed by atoms with Crippen LogP contribution in [-0.2, 0) is 5.60 Å². The van der Waals surface area contributed by atoms with Gasteiger partial charge in [0.15, 0.2) is 0 Å². The second-order valence-electron chi connectivity index (χ2n) is 5.16. The van der Waals surface area contributed by atoms with E-state index in [4.69, 9.17) is 16.9 Å². The lowest BCUT2D eigenvalue weighted by molar-refractivity contribution is -0.241. The maximum atomic E-state index is 12.9. The Morgan fingerprint density at radius 3 is 2.04 bits per heavy atom. The number of hydrogen-bond acceptors (Lipinski definition) is 4. The molecule has 0 spiro atoms. The minimum atomic E-state index is -5.02. The fourth-order valence-electron chi connectivity index (χ4n) is 1.47. The summed E-state index contributed by atoms with van der Waals surface area (Å²) in [5.41, 5.74) is 2.22. The van der Waals surface area contributed by atoms with Crippen LogP contribution in [0.15, 0.2) is 25.3 Å². The average Bonchev–Trinajstić information content (AvgIpc) is 2.57. The molecule has 7 heteroatoms. The van der Waals surface area contributed by atoms with E-state index in [-0.39, 0.29) is 11.4 Å². The minimum absolute atomic E-state index is 0.212. The molecule has 0 bridgehead atoms. The number of nitrogens with two attached hydrogens (primary N) is 1. The topological polar surface area (TPSA) is 58.7 Å². The third kappa shape index (κ3) is 6.69. The first kappa shape index (κ1) is 25.1. The number of ether oxygens (including phenoxy) is 1. The number of hydrogen-bond donors (Lipinski definition) is 2. The molecule has 1 aromatic rings. The second kappa shape index (κ2) is 10.6. The first-order valence-corrected chi connectivity index (χ1v) is 7.30. The molecule has 4 nitrogen and oxygen atoms in total. The molecule has 0 aromatic heterocycles. The molecule has 0 aliphatic carbocycles. The molecule has 0 saturated heterocycles.